The highest BCUT2D eigenvalue weighted by Crippen LogP contribution is 2.34. The summed E-state index contributed by atoms with van der Waals surface area (Å²) >= 11 is 0. The molecule has 0 amide bonds. The fourth-order valence-corrected chi connectivity index (χ4v) is 2.91. The highest BCUT2D eigenvalue weighted by molar-refractivity contribution is 5.70. The Balaban J connectivity index is 2.55. The van der Waals surface area contributed by atoms with Crippen LogP contribution >= 0.6 is 0 Å². The number of benzene rings is 2. The number of rotatable bonds is 10. The predicted octanol–water partition coefficient (Wildman–Crippen LogP) is 7.69. The Morgan fingerprint density at radius 3 is 1.97 bits per heavy atom. The van der Waals surface area contributed by atoms with Gasteiger partial charge >= 0.3 is 0 Å². The zero-order valence-electron chi connectivity index (χ0n) is 21.2. The first-order chi connectivity index (χ1) is 15.5. The molecule has 4 nitrogen and oxygen atoms in total. The molecule has 0 aliphatic heterocycles. The van der Waals surface area contributed by atoms with Crippen molar-refractivity contribution in [3.05, 3.63) is 72.0 Å². The second-order valence-electron chi connectivity index (χ2n) is 9.69. The second-order valence-corrected chi connectivity index (χ2v) is 9.69. The molecule has 33 heavy (non-hydrogen) atoms. The summed E-state index contributed by atoms with van der Waals surface area (Å²) in [7, 11) is 0. The van der Waals surface area contributed by atoms with Crippen LogP contribution in [0, 0.1) is 0 Å². The van der Waals surface area contributed by atoms with Crippen molar-refractivity contribution in [3.8, 4) is 17.2 Å². The van der Waals surface area contributed by atoms with Gasteiger partial charge in [-0.05, 0) is 90.4 Å². The Hall–Kier alpha value is -3.10. The van der Waals surface area contributed by atoms with Crippen molar-refractivity contribution in [2.75, 3.05) is 13.2 Å². The van der Waals surface area contributed by atoms with Gasteiger partial charge in [-0.3, -0.25) is 0 Å². The lowest BCUT2D eigenvalue weighted by Crippen LogP contribution is -2.25. The molecule has 0 bridgehead atoms. The molecule has 0 N–H and O–H groups in total. The Morgan fingerprint density at radius 2 is 1.48 bits per heavy atom. The summed E-state index contributed by atoms with van der Waals surface area (Å²) in [5.74, 6) is 2.90. The van der Waals surface area contributed by atoms with E-state index < -0.39 is 0 Å². The molecule has 0 heterocycles. The fraction of sp³-hybridized carbons (Fsp3) is 0.414. The molecule has 0 radical (unpaired) electrons. The van der Waals surface area contributed by atoms with Crippen LogP contribution in [0.15, 0.2) is 60.9 Å². The van der Waals surface area contributed by atoms with E-state index in [0.29, 0.717) is 19.0 Å². The van der Waals surface area contributed by atoms with E-state index in [1.54, 1.807) is 6.08 Å². The van der Waals surface area contributed by atoms with Crippen LogP contribution in [-0.4, -0.2) is 24.4 Å². The predicted molar refractivity (Wildman–Crippen MR) is 137 cm³/mol. The monoisotopic (exact) mass is 450 g/mol. The average molecular weight is 451 g/mol. The van der Waals surface area contributed by atoms with Crippen LogP contribution in [0.4, 0.5) is 0 Å². The van der Waals surface area contributed by atoms with Crippen molar-refractivity contribution in [1.82, 2.24) is 0 Å². The Labute approximate surface area is 199 Å². The molecule has 0 saturated heterocycles. The van der Waals surface area contributed by atoms with Gasteiger partial charge in [0.05, 0.1) is 12.2 Å². The highest BCUT2D eigenvalue weighted by atomic mass is 16.5. The Morgan fingerprint density at radius 1 is 0.909 bits per heavy atom. The Kier molecular flexibility index (Phi) is 9.25. The fourth-order valence-electron chi connectivity index (χ4n) is 2.91. The van der Waals surface area contributed by atoms with E-state index in [4.69, 9.17) is 18.9 Å². The summed E-state index contributed by atoms with van der Waals surface area (Å²) in [6.07, 6.45) is 4.50. The molecule has 4 heteroatoms. The van der Waals surface area contributed by atoms with E-state index in [2.05, 4.69) is 19.2 Å². The smallest absolute Gasteiger partial charge is 0.169 e. The molecule has 178 valence electrons. The van der Waals surface area contributed by atoms with Gasteiger partial charge in [0.25, 0.3) is 0 Å². The summed E-state index contributed by atoms with van der Waals surface area (Å²) in [5, 5.41) is 0. The molecule has 0 fully saturated rings. The van der Waals surface area contributed by atoms with Gasteiger partial charge in [-0.2, -0.15) is 0 Å². The summed E-state index contributed by atoms with van der Waals surface area (Å²) in [5.41, 5.74) is 4.39. The van der Waals surface area contributed by atoms with Gasteiger partial charge in [0.2, 0.25) is 0 Å². The van der Waals surface area contributed by atoms with Crippen molar-refractivity contribution in [1.29, 1.82) is 0 Å². The van der Waals surface area contributed by atoms with Crippen LogP contribution in [0.1, 0.15) is 66.0 Å². The van der Waals surface area contributed by atoms with Crippen molar-refractivity contribution in [2.24, 2.45) is 0 Å². The topological polar surface area (TPSA) is 36.9 Å². The van der Waals surface area contributed by atoms with Crippen molar-refractivity contribution < 1.29 is 18.9 Å². The Bertz CT molecular complexity index is 932. The van der Waals surface area contributed by atoms with Gasteiger partial charge < -0.3 is 18.9 Å². The van der Waals surface area contributed by atoms with Crippen LogP contribution in [0.2, 0.25) is 0 Å². The molecular formula is C29H38O4. The SMILES string of the molecule is C=CCOc1ccc(C(=C=Cc2c(OC(C)(C)C)cccc2OC(C)(C)C)OCCC)cc1. The van der Waals surface area contributed by atoms with Gasteiger partial charge in [-0.15, -0.1) is 0 Å². The number of hydrogen-bond donors (Lipinski definition) is 0. The lowest BCUT2D eigenvalue weighted by molar-refractivity contribution is 0.120. The lowest BCUT2D eigenvalue weighted by Gasteiger charge is -2.26. The van der Waals surface area contributed by atoms with E-state index >= 15 is 0 Å². The van der Waals surface area contributed by atoms with Crippen LogP contribution in [-0.2, 0) is 4.74 Å². The zero-order valence-corrected chi connectivity index (χ0v) is 21.2. The molecule has 0 aliphatic rings. The molecule has 0 spiro atoms. The third-order valence-electron chi connectivity index (χ3n) is 4.14. The third kappa shape index (κ3) is 9.11. The lowest BCUT2D eigenvalue weighted by atomic mass is 10.1. The highest BCUT2D eigenvalue weighted by Gasteiger charge is 2.19. The minimum Gasteiger partial charge on any atom is -0.490 e. The first-order valence-electron chi connectivity index (χ1n) is 11.5. The minimum atomic E-state index is -0.352. The maximum Gasteiger partial charge on any atom is 0.169 e. The van der Waals surface area contributed by atoms with Gasteiger partial charge in [0.15, 0.2) is 5.76 Å². The standard InChI is InChI=1S/C29H38O4/c1-9-20-30-23-16-14-22(15-17-23)25(31-21-10-2)19-18-24-26(32-28(3,4)5)12-11-13-27(24)33-29(6,7)8/h9,11-18H,1,10,20-21H2,2-8H3. The summed E-state index contributed by atoms with van der Waals surface area (Å²) < 4.78 is 24.1. The minimum absolute atomic E-state index is 0.352. The van der Waals surface area contributed by atoms with Crippen molar-refractivity contribution in [3.63, 3.8) is 0 Å². The van der Waals surface area contributed by atoms with Crippen molar-refractivity contribution >= 4 is 11.8 Å². The average Bonchev–Trinajstić information content (AvgIpc) is 2.72. The van der Waals surface area contributed by atoms with Gasteiger partial charge in [-0.1, -0.05) is 31.4 Å². The quantitative estimate of drug-likeness (QED) is 0.211. The molecular weight excluding hydrogens is 412 g/mol. The van der Waals surface area contributed by atoms with E-state index in [-0.39, 0.29) is 11.2 Å². The summed E-state index contributed by atoms with van der Waals surface area (Å²) in [6.45, 7) is 19.0. The largest absolute Gasteiger partial charge is 0.490 e. The molecule has 0 saturated carbocycles. The van der Waals surface area contributed by atoms with E-state index in [1.165, 1.54) is 0 Å². The van der Waals surface area contributed by atoms with Gasteiger partial charge in [0.1, 0.15) is 35.1 Å². The normalized spacial score (nSPS) is 11.2. The first kappa shape index (κ1) is 26.2. The molecule has 2 rings (SSSR count). The molecule has 0 aromatic heterocycles. The van der Waals surface area contributed by atoms with Crippen LogP contribution < -0.4 is 14.2 Å². The van der Waals surface area contributed by atoms with E-state index in [9.17, 15) is 0 Å². The van der Waals surface area contributed by atoms with Gasteiger partial charge in [0, 0.05) is 5.56 Å². The van der Waals surface area contributed by atoms with Crippen LogP contribution in [0.25, 0.3) is 11.8 Å². The number of ether oxygens (including phenoxy) is 4. The molecule has 0 aliphatic carbocycles. The number of hydrogen-bond acceptors (Lipinski definition) is 4. The van der Waals surface area contributed by atoms with Crippen molar-refractivity contribution in [2.45, 2.75) is 66.1 Å². The zero-order chi connectivity index (χ0) is 24.5. The van der Waals surface area contributed by atoms with E-state index in [1.807, 2.05) is 90.1 Å². The first-order valence-corrected chi connectivity index (χ1v) is 11.5. The third-order valence-corrected chi connectivity index (χ3v) is 4.14. The molecule has 0 atom stereocenters. The maximum absolute atomic E-state index is 6.23. The van der Waals surface area contributed by atoms with Crippen LogP contribution in [0.3, 0.4) is 0 Å². The molecule has 0 unspecified atom stereocenters. The van der Waals surface area contributed by atoms with Crippen LogP contribution in [0.5, 0.6) is 17.2 Å². The maximum atomic E-state index is 6.23. The summed E-state index contributed by atoms with van der Waals surface area (Å²) in [4.78, 5) is 0. The molecule has 2 aromatic carbocycles. The second kappa shape index (κ2) is 11.7. The molecule has 2 aromatic rings. The summed E-state index contributed by atoms with van der Waals surface area (Å²) in [6, 6.07) is 13.6. The van der Waals surface area contributed by atoms with E-state index in [0.717, 1.165) is 34.8 Å². The van der Waals surface area contributed by atoms with Gasteiger partial charge in [-0.25, -0.2) is 0 Å².